The third kappa shape index (κ3) is 4.74. The highest BCUT2D eigenvalue weighted by atomic mass is 16.7. The molecule has 4 rings (SSSR count). The second-order valence-electron chi connectivity index (χ2n) is 8.40. The number of fused-ring (bicyclic) bond motifs is 1. The summed E-state index contributed by atoms with van der Waals surface area (Å²) in [6.45, 7) is 1.93. The fraction of sp³-hybridized carbons (Fsp3) is 0.308. The number of esters is 1. The number of rotatable bonds is 8. The number of pyridine rings is 1. The van der Waals surface area contributed by atoms with E-state index in [9.17, 15) is 24.9 Å². The summed E-state index contributed by atoms with van der Waals surface area (Å²) in [6, 6.07) is 9.22. The summed E-state index contributed by atoms with van der Waals surface area (Å²) in [6.07, 6.45) is 0.162. The SMILES string of the molecule is COC(=O)CC(c1cc(OC)c2c(c1)OCO2)c1c(O)cc(C)n(CCc2ccc(O)c(O)c2)c1=O. The second kappa shape index (κ2) is 10.1. The van der Waals surface area contributed by atoms with Gasteiger partial charge in [-0.25, -0.2) is 0 Å². The molecule has 0 saturated heterocycles. The molecular formula is C26H27NO9. The molecule has 1 unspecified atom stereocenters. The van der Waals surface area contributed by atoms with Gasteiger partial charge in [-0.05, 0) is 54.8 Å². The lowest BCUT2D eigenvalue weighted by Crippen LogP contribution is -2.29. The van der Waals surface area contributed by atoms with Crippen molar-refractivity contribution < 1.29 is 39.1 Å². The number of methoxy groups -OCH3 is 2. The average Bonchev–Trinajstić information content (AvgIpc) is 3.33. The number of benzene rings is 2. The molecule has 2 aromatic carbocycles. The minimum absolute atomic E-state index is 0.00617. The number of hydrogen-bond donors (Lipinski definition) is 3. The van der Waals surface area contributed by atoms with E-state index < -0.39 is 17.4 Å². The zero-order valence-corrected chi connectivity index (χ0v) is 20.1. The van der Waals surface area contributed by atoms with Gasteiger partial charge >= 0.3 is 5.97 Å². The van der Waals surface area contributed by atoms with E-state index in [0.29, 0.717) is 40.5 Å². The average molecular weight is 498 g/mol. The number of aromatic hydroxyl groups is 3. The molecule has 0 amide bonds. The molecule has 2 heterocycles. The lowest BCUT2D eigenvalue weighted by atomic mass is 9.87. The molecule has 10 nitrogen and oxygen atoms in total. The maximum Gasteiger partial charge on any atom is 0.306 e. The Morgan fingerprint density at radius 2 is 1.83 bits per heavy atom. The number of aryl methyl sites for hydroxylation is 2. The van der Waals surface area contributed by atoms with Crippen LogP contribution in [0, 0.1) is 6.92 Å². The van der Waals surface area contributed by atoms with E-state index in [-0.39, 0.29) is 42.6 Å². The van der Waals surface area contributed by atoms with Crippen molar-refractivity contribution in [3.8, 4) is 34.5 Å². The molecule has 0 spiro atoms. The van der Waals surface area contributed by atoms with Crippen LogP contribution in [0.3, 0.4) is 0 Å². The molecular weight excluding hydrogens is 470 g/mol. The van der Waals surface area contributed by atoms with Crippen molar-refractivity contribution >= 4 is 5.97 Å². The highest BCUT2D eigenvalue weighted by molar-refractivity contribution is 5.72. The third-order valence-corrected chi connectivity index (χ3v) is 6.22. The number of hydrogen-bond acceptors (Lipinski definition) is 9. The summed E-state index contributed by atoms with van der Waals surface area (Å²) in [5, 5.41) is 30.2. The Balaban J connectivity index is 1.79. The van der Waals surface area contributed by atoms with Crippen molar-refractivity contribution in [1.29, 1.82) is 0 Å². The lowest BCUT2D eigenvalue weighted by molar-refractivity contribution is -0.140. The van der Waals surface area contributed by atoms with Gasteiger partial charge in [0.2, 0.25) is 12.5 Å². The van der Waals surface area contributed by atoms with E-state index in [0.717, 1.165) is 0 Å². The molecule has 1 aliphatic rings. The maximum absolute atomic E-state index is 13.7. The summed E-state index contributed by atoms with van der Waals surface area (Å²) >= 11 is 0. The quantitative estimate of drug-likeness (QED) is 0.317. The number of aromatic nitrogens is 1. The van der Waals surface area contributed by atoms with E-state index in [1.165, 1.54) is 37.0 Å². The molecule has 3 aromatic rings. The molecule has 3 N–H and O–H groups in total. The summed E-state index contributed by atoms with van der Waals surface area (Å²) < 4.78 is 22.7. The maximum atomic E-state index is 13.7. The standard InChI is InChI=1S/C26H27NO9/c1-14-8-20(30)24(26(32)27(14)7-6-15-4-5-18(28)19(29)9-15)17(12-23(31)34-3)16-10-21(33-2)25-22(11-16)35-13-36-25/h4-5,8-11,17,28-30H,6-7,12-13H2,1-3H3. The van der Waals surface area contributed by atoms with Gasteiger partial charge < -0.3 is 38.8 Å². The van der Waals surface area contributed by atoms with Crippen molar-refractivity contribution in [2.45, 2.75) is 32.2 Å². The van der Waals surface area contributed by atoms with Crippen LogP contribution in [0.5, 0.6) is 34.5 Å². The second-order valence-corrected chi connectivity index (χ2v) is 8.40. The fourth-order valence-corrected chi connectivity index (χ4v) is 4.33. The van der Waals surface area contributed by atoms with Gasteiger partial charge in [0.15, 0.2) is 23.0 Å². The van der Waals surface area contributed by atoms with Crippen molar-refractivity contribution in [2.75, 3.05) is 21.0 Å². The van der Waals surface area contributed by atoms with Crippen LogP contribution >= 0.6 is 0 Å². The molecule has 0 fully saturated rings. The minimum Gasteiger partial charge on any atom is -0.507 e. The van der Waals surface area contributed by atoms with Crippen LogP contribution < -0.4 is 19.8 Å². The number of nitrogens with zero attached hydrogens (tertiary/aromatic N) is 1. The number of phenolic OH excluding ortho intramolecular Hbond substituents is 2. The first-order chi connectivity index (χ1) is 17.2. The molecule has 1 atom stereocenters. The Morgan fingerprint density at radius 1 is 1.06 bits per heavy atom. The van der Waals surface area contributed by atoms with Crippen LogP contribution in [-0.2, 0) is 22.5 Å². The van der Waals surface area contributed by atoms with Crippen LogP contribution in [0.25, 0.3) is 0 Å². The molecule has 0 saturated carbocycles. The van der Waals surface area contributed by atoms with Gasteiger partial charge in [0.05, 0.1) is 26.2 Å². The van der Waals surface area contributed by atoms with E-state index in [4.69, 9.17) is 18.9 Å². The molecule has 0 bridgehead atoms. The molecule has 0 radical (unpaired) electrons. The van der Waals surface area contributed by atoms with Crippen LogP contribution in [-0.4, -0.2) is 46.9 Å². The Bertz CT molecular complexity index is 1360. The predicted molar refractivity (Wildman–Crippen MR) is 128 cm³/mol. The third-order valence-electron chi connectivity index (χ3n) is 6.22. The van der Waals surface area contributed by atoms with Crippen molar-refractivity contribution in [3.05, 3.63) is 69.1 Å². The molecule has 190 valence electrons. The highest BCUT2D eigenvalue weighted by Crippen LogP contribution is 2.45. The molecule has 1 aromatic heterocycles. The van der Waals surface area contributed by atoms with E-state index >= 15 is 0 Å². The number of ether oxygens (including phenoxy) is 4. The van der Waals surface area contributed by atoms with Gasteiger partial charge in [-0.2, -0.15) is 0 Å². The molecule has 1 aliphatic heterocycles. The first-order valence-corrected chi connectivity index (χ1v) is 11.2. The first kappa shape index (κ1) is 24.8. The lowest BCUT2D eigenvalue weighted by Gasteiger charge is -2.21. The van der Waals surface area contributed by atoms with Gasteiger partial charge in [-0.1, -0.05) is 6.07 Å². The Hall–Kier alpha value is -4.34. The number of carbonyl (C=O) groups is 1. The predicted octanol–water partition coefficient (Wildman–Crippen LogP) is 2.95. The van der Waals surface area contributed by atoms with Gasteiger partial charge in [0.25, 0.3) is 5.56 Å². The van der Waals surface area contributed by atoms with Crippen molar-refractivity contribution in [2.24, 2.45) is 0 Å². The van der Waals surface area contributed by atoms with E-state index in [1.54, 1.807) is 25.1 Å². The van der Waals surface area contributed by atoms with Crippen molar-refractivity contribution in [3.63, 3.8) is 0 Å². The largest absolute Gasteiger partial charge is 0.507 e. The van der Waals surface area contributed by atoms with Gasteiger partial charge in [-0.15, -0.1) is 0 Å². The van der Waals surface area contributed by atoms with Crippen LogP contribution in [0.1, 0.15) is 34.7 Å². The summed E-state index contributed by atoms with van der Waals surface area (Å²) in [4.78, 5) is 26.1. The highest BCUT2D eigenvalue weighted by Gasteiger charge is 2.30. The number of phenols is 2. The minimum atomic E-state index is -0.863. The van der Waals surface area contributed by atoms with Crippen molar-refractivity contribution in [1.82, 2.24) is 4.57 Å². The van der Waals surface area contributed by atoms with E-state index in [2.05, 4.69) is 0 Å². The Labute approximate surface area is 206 Å². The zero-order valence-electron chi connectivity index (χ0n) is 20.1. The number of carbonyl (C=O) groups excluding carboxylic acids is 1. The normalized spacial score (nSPS) is 12.9. The van der Waals surface area contributed by atoms with Gasteiger partial charge in [0.1, 0.15) is 5.75 Å². The van der Waals surface area contributed by atoms with Gasteiger partial charge in [0, 0.05) is 18.2 Å². The van der Waals surface area contributed by atoms with E-state index in [1.807, 2.05) is 0 Å². The monoisotopic (exact) mass is 497 g/mol. The first-order valence-electron chi connectivity index (χ1n) is 11.2. The molecule has 10 heteroatoms. The zero-order chi connectivity index (χ0) is 26.0. The Morgan fingerprint density at radius 3 is 2.53 bits per heavy atom. The summed E-state index contributed by atoms with van der Waals surface area (Å²) in [7, 11) is 2.72. The topological polar surface area (TPSA) is 137 Å². The van der Waals surface area contributed by atoms with Crippen LogP contribution in [0.2, 0.25) is 0 Å². The smallest absolute Gasteiger partial charge is 0.306 e. The summed E-state index contributed by atoms with van der Waals surface area (Å²) in [5.74, 6) is -0.976. The van der Waals surface area contributed by atoms with Crippen LogP contribution in [0.15, 0.2) is 41.2 Å². The van der Waals surface area contributed by atoms with Crippen LogP contribution in [0.4, 0.5) is 0 Å². The van der Waals surface area contributed by atoms with Gasteiger partial charge in [-0.3, -0.25) is 9.59 Å². The fourth-order valence-electron chi connectivity index (χ4n) is 4.33. The Kier molecular flexibility index (Phi) is 6.96. The molecule has 0 aliphatic carbocycles. The molecule has 36 heavy (non-hydrogen) atoms. The summed E-state index contributed by atoms with van der Waals surface area (Å²) in [5.41, 5.74) is 1.29.